The fourth-order valence-electron chi connectivity index (χ4n) is 1.97. The number of rotatable bonds is 5. The molecule has 4 nitrogen and oxygen atoms in total. The highest BCUT2D eigenvalue weighted by molar-refractivity contribution is 6.31. The molecule has 1 aromatic heterocycles. The van der Waals surface area contributed by atoms with Crippen LogP contribution >= 0.6 is 11.6 Å². The molecule has 2 aromatic rings. The van der Waals surface area contributed by atoms with Gasteiger partial charge in [-0.1, -0.05) is 29.8 Å². The van der Waals surface area contributed by atoms with Gasteiger partial charge in [0.05, 0.1) is 18.2 Å². The third kappa shape index (κ3) is 3.20. The molecule has 1 atom stereocenters. The summed E-state index contributed by atoms with van der Waals surface area (Å²) in [5, 5.41) is 4.09. The Kier molecular flexibility index (Phi) is 4.79. The van der Waals surface area contributed by atoms with Gasteiger partial charge in [-0.15, -0.1) is 0 Å². The minimum absolute atomic E-state index is 0.0479. The van der Waals surface area contributed by atoms with Gasteiger partial charge in [0.2, 0.25) is 5.88 Å². The van der Waals surface area contributed by atoms with Crippen LogP contribution in [0.25, 0.3) is 0 Å². The van der Waals surface area contributed by atoms with Crippen LogP contribution in [0.15, 0.2) is 30.6 Å². The summed E-state index contributed by atoms with van der Waals surface area (Å²) < 4.78 is 5.47. The number of hydrogen-bond acceptors (Lipinski definition) is 4. The molecule has 0 aliphatic carbocycles. The Balaban J connectivity index is 2.22. The van der Waals surface area contributed by atoms with E-state index >= 15 is 0 Å². The van der Waals surface area contributed by atoms with Crippen molar-refractivity contribution in [2.45, 2.75) is 26.8 Å². The molecule has 0 saturated heterocycles. The maximum Gasteiger partial charge on any atom is 0.221 e. The number of halogens is 1. The van der Waals surface area contributed by atoms with Crippen molar-refractivity contribution in [1.29, 1.82) is 0 Å². The summed E-state index contributed by atoms with van der Waals surface area (Å²) in [4.78, 5) is 8.40. The van der Waals surface area contributed by atoms with E-state index < -0.39 is 0 Å². The van der Waals surface area contributed by atoms with Gasteiger partial charge in [0.25, 0.3) is 0 Å². The first kappa shape index (κ1) is 14.6. The average Bonchev–Trinajstić information content (AvgIpc) is 2.44. The molecule has 5 heteroatoms. The van der Waals surface area contributed by atoms with E-state index in [0.717, 1.165) is 22.0 Å². The minimum atomic E-state index is 0.0479. The molecule has 0 spiro atoms. The summed E-state index contributed by atoms with van der Waals surface area (Å²) in [5.74, 6) is 1.37. The highest BCUT2D eigenvalue weighted by Gasteiger charge is 2.13. The first-order valence-corrected chi connectivity index (χ1v) is 6.96. The van der Waals surface area contributed by atoms with E-state index in [1.54, 1.807) is 0 Å². The molecule has 0 radical (unpaired) electrons. The van der Waals surface area contributed by atoms with Gasteiger partial charge in [0, 0.05) is 5.02 Å². The van der Waals surface area contributed by atoms with Crippen LogP contribution < -0.4 is 10.1 Å². The fourth-order valence-corrected chi connectivity index (χ4v) is 2.27. The smallest absolute Gasteiger partial charge is 0.221 e. The molecule has 0 aliphatic heterocycles. The average molecular weight is 292 g/mol. The number of nitrogens with zero attached hydrogens (tertiary/aromatic N) is 2. The molecule has 0 amide bonds. The number of nitrogens with one attached hydrogen (secondary N) is 1. The minimum Gasteiger partial charge on any atom is -0.478 e. The van der Waals surface area contributed by atoms with Crippen LogP contribution in [0.4, 0.5) is 5.82 Å². The van der Waals surface area contributed by atoms with Gasteiger partial charge in [-0.2, -0.15) is 0 Å². The molecule has 20 heavy (non-hydrogen) atoms. The molecule has 0 saturated carbocycles. The second-order valence-electron chi connectivity index (χ2n) is 4.47. The number of benzene rings is 1. The molecular formula is C15H18ClN3O. The second kappa shape index (κ2) is 6.57. The topological polar surface area (TPSA) is 47.0 Å². The molecule has 1 heterocycles. The Morgan fingerprint density at radius 3 is 2.75 bits per heavy atom. The third-order valence-corrected chi connectivity index (χ3v) is 3.39. The highest BCUT2D eigenvalue weighted by atomic mass is 35.5. The van der Waals surface area contributed by atoms with Crippen LogP contribution in [0.3, 0.4) is 0 Å². The fraction of sp³-hybridized carbons (Fsp3) is 0.333. The number of aromatic nitrogens is 2. The van der Waals surface area contributed by atoms with E-state index in [0.29, 0.717) is 12.5 Å². The van der Waals surface area contributed by atoms with Crippen LogP contribution in [0.1, 0.15) is 31.0 Å². The first-order valence-electron chi connectivity index (χ1n) is 6.58. The first-order chi connectivity index (χ1) is 9.63. The molecule has 0 bridgehead atoms. The zero-order chi connectivity index (χ0) is 14.5. The molecule has 0 fully saturated rings. The van der Waals surface area contributed by atoms with Crippen molar-refractivity contribution >= 4 is 17.4 Å². The van der Waals surface area contributed by atoms with Gasteiger partial charge in [-0.25, -0.2) is 9.97 Å². The van der Waals surface area contributed by atoms with E-state index in [4.69, 9.17) is 16.3 Å². The van der Waals surface area contributed by atoms with Crippen molar-refractivity contribution in [2.24, 2.45) is 0 Å². The lowest BCUT2D eigenvalue weighted by Crippen LogP contribution is -2.11. The van der Waals surface area contributed by atoms with Gasteiger partial charge < -0.3 is 10.1 Å². The van der Waals surface area contributed by atoms with Crippen molar-refractivity contribution in [3.05, 3.63) is 46.7 Å². The second-order valence-corrected chi connectivity index (χ2v) is 4.88. The van der Waals surface area contributed by atoms with Gasteiger partial charge in [-0.05, 0) is 32.4 Å². The Hall–Kier alpha value is -1.81. The molecule has 1 unspecified atom stereocenters. The van der Waals surface area contributed by atoms with E-state index in [-0.39, 0.29) is 6.04 Å². The Bertz CT molecular complexity index is 589. The quantitative estimate of drug-likeness (QED) is 0.904. The zero-order valence-electron chi connectivity index (χ0n) is 11.9. The molecule has 0 aliphatic rings. The van der Waals surface area contributed by atoms with Crippen molar-refractivity contribution in [1.82, 2.24) is 9.97 Å². The lowest BCUT2D eigenvalue weighted by Gasteiger charge is -2.18. The predicted molar refractivity (Wildman–Crippen MR) is 81.4 cm³/mol. The van der Waals surface area contributed by atoms with E-state index in [1.807, 2.05) is 45.0 Å². The van der Waals surface area contributed by atoms with Gasteiger partial charge in [0.15, 0.2) is 0 Å². The lowest BCUT2D eigenvalue weighted by atomic mass is 10.1. The van der Waals surface area contributed by atoms with E-state index in [2.05, 4.69) is 15.3 Å². The molecule has 2 rings (SSSR count). The molecule has 106 valence electrons. The number of hydrogen-bond donors (Lipinski definition) is 1. The maximum absolute atomic E-state index is 6.21. The van der Waals surface area contributed by atoms with Crippen LogP contribution in [-0.2, 0) is 0 Å². The number of ether oxygens (including phenoxy) is 1. The largest absolute Gasteiger partial charge is 0.478 e. The number of anilines is 1. The van der Waals surface area contributed by atoms with Crippen molar-refractivity contribution in [3.63, 3.8) is 0 Å². The Morgan fingerprint density at radius 1 is 1.30 bits per heavy atom. The van der Waals surface area contributed by atoms with Crippen LogP contribution in [0.5, 0.6) is 5.88 Å². The summed E-state index contributed by atoms with van der Waals surface area (Å²) in [7, 11) is 0. The standard InChI is InChI=1S/C15H18ClN3O/c1-4-20-15-10(2)14(17-9-18-15)19-11(3)12-7-5-6-8-13(12)16/h5-9,11H,4H2,1-3H3,(H,17,18,19). The summed E-state index contributed by atoms with van der Waals surface area (Å²) in [6, 6.07) is 7.82. The van der Waals surface area contributed by atoms with Gasteiger partial charge >= 0.3 is 0 Å². The van der Waals surface area contributed by atoms with Crippen molar-refractivity contribution in [2.75, 3.05) is 11.9 Å². The molecule has 1 N–H and O–H groups in total. The van der Waals surface area contributed by atoms with Crippen molar-refractivity contribution < 1.29 is 4.74 Å². The molecular weight excluding hydrogens is 274 g/mol. The van der Waals surface area contributed by atoms with Crippen molar-refractivity contribution in [3.8, 4) is 5.88 Å². The normalized spacial score (nSPS) is 12.0. The van der Waals surface area contributed by atoms with Gasteiger partial charge in [0.1, 0.15) is 12.1 Å². The maximum atomic E-state index is 6.21. The van der Waals surface area contributed by atoms with E-state index in [9.17, 15) is 0 Å². The predicted octanol–water partition coefficient (Wildman–Crippen LogP) is 4.01. The van der Waals surface area contributed by atoms with Crippen LogP contribution in [0, 0.1) is 6.92 Å². The highest BCUT2D eigenvalue weighted by Crippen LogP contribution is 2.28. The monoisotopic (exact) mass is 291 g/mol. The van der Waals surface area contributed by atoms with E-state index in [1.165, 1.54) is 6.33 Å². The Morgan fingerprint density at radius 2 is 2.05 bits per heavy atom. The van der Waals surface area contributed by atoms with Gasteiger partial charge in [-0.3, -0.25) is 0 Å². The Labute approximate surface area is 124 Å². The third-order valence-electron chi connectivity index (χ3n) is 3.04. The van der Waals surface area contributed by atoms with Crippen LogP contribution in [-0.4, -0.2) is 16.6 Å². The zero-order valence-corrected chi connectivity index (χ0v) is 12.6. The lowest BCUT2D eigenvalue weighted by molar-refractivity contribution is 0.324. The molecule has 1 aromatic carbocycles. The summed E-state index contributed by atoms with van der Waals surface area (Å²) in [6.07, 6.45) is 1.50. The SMILES string of the molecule is CCOc1ncnc(NC(C)c2ccccc2Cl)c1C. The summed E-state index contributed by atoms with van der Waals surface area (Å²) in [6.45, 7) is 6.49. The summed E-state index contributed by atoms with van der Waals surface area (Å²) >= 11 is 6.21. The van der Waals surface area contributed by atoms with Crippen LogP contribution in [0.2, 0.25) is 5.02 Å². The summed E-state index contributed by atoms with van der Waals surface area (Å²) in [5.41, 5.74) is 1.93.